The lowest BCUT2D eigenvalue weighted by Gasteiger charge is -2.21. The van der Waals surface area contributed by atoms with Crippen molar-refractivity contribution in [1.82, 2.24) is 15.5 Å². The Morgan fingerprint density at radius 3 is 2.47 bits per heavy atom. The van der Waals surface area contributed by atoms with Gasteiger partial charge < -0.3 is 20.3 Å². The topological polar surface area (TPSA) is 48.9 Å². The monoisotopic (exact) mass is 244 g/mol. The fraction of sp³-hybridized carbons (Fsp3) is 0.917. The number of likely N-dealkylation sites (N-methyl/N-ethyl adjacent to an activating group) is 1. The van der Waals surface area contributed by atoms with Crippen LogP contribution in [0.25, 0.3) is 0 Å². The predicted octanol–water partition coefficient (Wildman–Crippen LogP) is 0.528. The van der Waals surface area contributed by atoms with Crippen LogP contribution in [0.4, 0.5) is 0 Å². The Kier molecular flexibility index (Phi) is 9.86. The average Bonchev–Trinajstić information content (AvgIpc) is 2.31. The summed E-state index contributed by atoms with van der Waals surface area (Å²) >= 11 is 0. The van der Waals surface area contributed by atoms with Crippen LogP contribution in [0.5, 0.6) is 0 Å². The molecule has 0 saturated carbocycles. The summed E-state index contributed by atoms with van der Waals surface area (Å²) in [4.78, 5) is 6.44. The van der Waals surface area contributed by atoms with E-state index in [1.54, 1.807) is 7.05 Å². The molecule has 0 fully saturated rings. The van der Waals surface area contributed by atoms with Crippen molar-refractivity contribution in [2.75, 3.05) is 46.9 Å². The van der Waals surface area contributed by atoms with Gasteiger partial charge in [-0.25, -0.2) is 0 Å². The highest BCUT2D eigenvalue weighted by atomic mass is 16.5. The molecular formula is C12H28N4O. The molecule has 5 heteroatoms. The first kappa shape index (κ1) is 16.2. The van der Waals surface area contributed by atoms with Gasteiger partial charge >= 0.3 is 0 Å². The summed E-state index contributed by atoms with van der Waals surface area (Å²) in [6, 6.07) is 0.574. The summed E-state index contributed by atoms with van der Waals surface area (Å²) in [5, 5.41) is 6.48. The number of guanidine groups is 1. The lowest BCUT2D eigenvalue weighted by molar-refractivity contribution is 0.152. The zero-order chi connectivity index (χ0) is 13.1. The van der Waals surface area contributed by atoms with Crippen molar-refractivity contribution in [2.24, 2.45) is 4.99 Å². The molecule has 0 aliphatic heterocycles. The number of rotatable bonds is 8. The highest BCUT2D eigenvalue weighted by molar-refractivity contribution is 5.79. The van der Waals surface area contributed by atoms with E-state index in [2.05, 4.69) is 41.4 Å². The van der Waals surface area contributed by atoms with E-state index in [0.717, 1.165) is 32.2 Å². The molecule has 0 atom stereocenters. The van der Waals surface area contributed by atoms with Crippen molar-refractivity contribution in [2.45, 2.75) is 26.8 Å². The zero-order valence-corrected chi connectivity index (χ0v) is 11.9. The molecule has 0 saturated heterocycles. The van der Waals surface area contributed by atoms with Crippen LogP contribution >= 0.6 is 0 Å². The molecule has 0 spiro atoms. The number of nitrogens with one attached hydrogen (secondary N) is 2. The minimum absolute atomic E-state index is 0.574. The largest absolute Gasteiger partial charge is 0.380 e. The lowest BCUT2D eigenvalue weighted by atomic mass is 10.3. The van der Waals surface area contributed by atoms with E-state index in [4.69, 9.17) is 4.74 Å². The van der Waals surface area contributed by atoms with E-state index < -0.39 is 0 Å². The number of nitrogens with zero attached hydrogens (tertiary/aromatic N) is 2. The van der Waals surface area contributed by atoms with Crippen molar-refractivity contribution in [3.05, 3.63) is 0 Å². The molecule has 5 nitrogen and oxygen atoms in total. The van der Waals surface area contributed by atoms with Crippen LogP contribution < -0.4 is 10.6 Å². The molecule has 0 aromatic rings. The van der Waals surface area contributed by atoms with Crippen LogP contribution in [0.3, 0.4) is 0 Å². The second-order valence-corrected chi connectivity index (χ2v) is 4.20. The summed E-state index contributed by atoms with van der Waals surface area (Å²) in [7, 11) is 3.90. The number of hydrogen-bond acceptors (Lipinski definition) is 3. The average molecular weight is 244 g/mol. The molecule has 0 aliphatic rings. The number of aliphatic imine (C=N–C) groups is 1. The lowest BCUT2D eigenvalue weighted by Crippen LogP contribution is -2.43. The molecule has 102 valence electrons. The van der Waals surface area contributed by atoms with E-state index in [9.17, 15) is 0 Å². The Balaban J connectivity index is 3.62. The van der Waals surface area contributed by atoms with Gasteiger partial charge in [0, 0.05) is 39.3 Å². The summed E-state index contributed by atoms with van der Waals surface area (Å²) in [5.41, 5.74) is 0. The van der Waals surface area contributed by atoms with Crippen LogP contribution in [0.2, 0.25) is 0 Å². The van der Waals surface area contributed by atoms with E-state index in [0.29, 0.717) is 12.6 Å². The Hall–Kier alpha value is -0.810. The molecule has 0 aromatic heterocycles. The van der Waals surface area contributed by atoms with Crippen LogP contribution in [-0.4, -0.2) is 63.8 Å². The highest BCUT2D eigenvalue weighted by Gasteiger charge is 2.02. The molecule has 0 heterocycles. The number of hydrogen-bond donors (Lipinski definition) is 2. The van der Waals surface area contributed by atoms with Gasteiger partial charge in [-0.15, -0.1) is 0 Å². The summed E-state index contributed by atoms with van der Waals surface area (Å²) in [6.45, 7) is 10.5. The first-order valence-corrected chi connectivity index (χ1v) is 6.34. The summed E-state index contributed by atoms with van der Waals surface area (Å²) < 4.78 is 5.25. The van der Waals surface area contributed by atoms with Crippen molar-refractivity contribution in [1.29, 1.82) is 0 Å². The van der Waals surface area contributed by atoms with Crippen molar-refractivity contribution in [3.8, 4) is 0 Å². The van der Waals surface area contributed by atoms with Crippen LogP contribution in [0, 0.1) is 0 Å². The first-order valence-electron chi connectivity index (χ1n) is 6.34. The third-order valence-corrected chi connectivity index (χ3v) is 2.61. The fourth-order valence-corrected chi connectivity index (χ4v) is 1.22. The summed E-state index contributed by atoms with van der Waals surface area (Å²) in [5.74, 6) is 0.835. The second-order valence-electron chi connectivity index (χ2n) is 4.20. The molecule has 17 heavy (non-hydrogen) atoms. The minimum atomic E-state index is 0.574. The maximum absolute atomic E-state index is 5.25. The first-order chi connectivity index (χ1) is 8.11. The van der Waals surface area contributed by atoms with Gasteiger partial charge in [0.25, 0.3) is 0 Å². The van der Waals surface area contributed by atoms with Gasteiger partial charge in [0.2, 0.25) is 0 Å². The van der Waals surface area contributed by atoms with Gasteiger partial charge in [0.05, 0.1) is 6.61 Å². The molecule has 0 aliphatic carbocycles. The van der Waals surface area contributed by atoms with Crippen LogP contribution in [0.15, 0.2) is 4.99 Å². The Bertz CT molecular complexity index is 207. The molecule has 0 amide bonds. The quantitative estimate of drug-likeness (QED) is 0.371. The van der Waals surface area contributed by atoms with Gasteiger partial charge in [0.1, 0.15) is 0 Å². The maximum Gasteiger partial charge on any atom is 0.191 e. The maximum atomic E-state index is 5.25. The minimum Gasteiger partial charge on any atom is -0.380 e. The number of ether oxygens (including phenoxy) is 1. The zero-order valence-electron chi connectivity index (χ0n) is 11.9. The van der Waals surface area contributed by atoms with E-state index in [1.165, 1.54) is 0 Å². The second kappa shape index (κ2) is 10.4. The van der Waals surface area contributed by atoms with Gasteiger partial charge in [-0.2, -0.15) is 0 Å². The van der Waals surface area contributed by atoms with Gasteiger partial charge in [0.15, 0.2) is 5.96 Å². The van der Waals surface area contributed by atoms with Crippen molar-refractivity contribution >= 4 is 5.96 Å². The van der Waals surface area contributed by atoms with E-state index in [1.807, 2.05) is 6.92 Å². The fourth-order valence-electron chi connectivity index (χ4n) is 1.22. The van der Waals surface area contributed by atoms with Crippen LogP contribution in [-0.2, 0) is 4.74 Å². The Labute approximate surface area is 106 Å². The summed E-state index contributed by atoms with van der Waals surface area (Å²) in [6.07, 6.45) is 0. The Morgan fingerprint density at radius 2 is 1.94 bits per heavy atom. The highest BCUT2D eigenvalue weighted by Crippen LogP contribution is 1.90. The van der Waals surface area contributed by atoms with Gasteiger partial charge in [-0.1, -0.05) is 0 Å². The molecule has 0 aromatic carbocycles. The SMILES string of the molecule is CCOCCNC(=NC)NCCN(C)C(C)C. The molecular weight excluding hydrogens is 216 g/mol. The normalized spacial score (nSPS) is 12.3. The molecule has 0 bridgehead atoms. The standard InChI is InChI=1S/C12H28N4O/c1-6-17-10-8-15-12(13-4)14-7-9-16(5)11(2)3/h11H,6-10H2,1-5H3,(H2,13,14,15). The molecule has 2 N–H and O–H groups in total. The molecule has 0 radical (unpaired) electrons. The Morgan fingerprint density at radius 1 is 1.29 bits per heavy atom. The predicted molar refractivity (Wildman–Crippen MR) is 73.6 cm³/mol. The third-order valence-electron chi connectivity index (χ3n) is 2.61. The van der Waals surface area contributed by atoms with Crippen LogP contribution in [0.1, 0.15) is 20.8 Å². The van der Waals surface area contributed by atoms with Crippen molar-refractivity contribution < 1.29 is 4.74 Å². The third kappa shape index (κ3) is 8.94. The molecule has 0 rings (SSSR count). The van der Waals surface area contributed by atoms with E-state index >= 15 is 0 Å². The van der Waals surface area contributed by atoms with E-state index in [-0.39, 0.29) is 0 Å². The van der Waals surface area contributed by atoms with Gasteiger partial charge in [-0.3, -0.25) is 4.99 Å². The molecule has 0 unspecified atom stereocenters. The van der Waals surface area contributed by atoms with Crippen molar-refractivity contribution in [3.63, 3.8) is 0 Å². The smallest absolute Gasteiger partial charge is 0.191 e. The van der Waals surface area contributed by atoms with Gasteiger partial charge in [-0.05, 0) is 27.8 Å².